The molecule has 98 valence electrons. The van der Waals surface area contributed by atoms with Crippen LogP contribution in [0.3, 0.4) is 0 Å². The molecule has 2 rings (SSSR count). The lowest BCUT2D eigenvalue weighted by Gasteiger charge is -2.35. The van der Waals surface area contributed by atoms with Gasteiger partial charge in [0.25, 0.3) is 5.91 Å². The van der Waals surface area contributed by atoms with Crippen molar-refractivity contribution in [3.63, 3.8) is 0 Å². The van der Waals surface area contributed by atoms with Gasteiger partial charge < -0.3 is 14.7 Å². The molecule has 0 aliphatic carbocycles. The van der Waals surface area contributed by atoms with Gasteiger partial charge in [0, 0.05) is 18.1 Å². The standard InChI is InChI=1S/C13H16ClNO3/c1-8-6-15(7-9(2)18-8)13(17)11-4-3-10(14)5-12(11)16/h3-5,8-9,16H,6-7H2,1-2H3. The molecule has 1 aromatic rings. The van der Waals surface area contributed by atoms with Gasteiger partial charge in [0.2, 0.25) is 0 Å². The second-order valence-electron chi connectivity index (χ2n) is 4.63. The van der Waals surface area contributed by atoms with Crippen molar-refractivity contribution in [3.05, 3.63) is 28.8 Å². The Hall–Kier alpha value is -1.26. The van der Waals surface area contributed by atoms with Gasteiger partial charge in [-0.3, -0.25) is 4.79 Å². The van der Waals surface area contributed by atoms with E-state index in [1.807, 2.05) is 13.8 Å². The third-order valence-electron chi connectivity index (χ3n) is 2.90. The molecule has 4 nitrogen and oxygen atoms in total. The zero-order valence-electron chi connectivity index (χ0n) is 10.4. The van der Waals surface area contributed by atoms with E-state index in [2.05, 4.69) is 0 Å². The first-order valence-corrected chi connectivity index (χ1v) is 6.28. The molecule has 0 radical (unpaired) electrons. The summed E-state index contributed by atoms with van der Waals surface area (Å²) in [6.45, 7) is 4.92. The molecule has 0 spiro atoms. The van der Waals surface area contributed by atoms with Crippen molar-refractivity contribution < 1.29 is 14.6 Å². The summed E-state index contributed by atoms with van der Waals surface area (Å²) in [6.07, 6.45) is 0.0132. The zero-order valence-corrected chi connectivity index (χ0v) is 11.1. The van der Waals surface area contributed by atoms with Crippen LogP contribution >= 0.6 is 11.6 Å². The number of rotatable bonds is 1. The average Bonchev–Trinajstić information content (AvgIpc) is 2.26. The van der Waals surface area contributed by atoms with Crippen LogP contribution in [-0.4, -0.2) is 41.2 Å². The summed E-state index contributed by atoms with van der Waals surface area (Å²) in [5, 5.41) is 10.2. The zero-order chi connectivity index (χ0) is 13.3. The maximum atomic E-state index is 12.3. The van der Waals surface area contributed by atoms with Crippen molar-refractivity contribution >= 4 is 17.5 Å². The number of carbonyl (C=O) groups is 1. The Morgan fingerprint density at radius 3 is 2.56 bits per heavy atom. The molecule has 0 aromatic heterocycles. The van der Waals surface area contributed by atoms with Crippen LogP contribution in [0, 0.1) is 0 Å². The molecule has 0 saturated carbocycles. The fourth-order valence-electron chi connectivity index (χ4n) is 2.20. The van der Waals surface area contributed by atoms with Gasteiger partial charge in [0.05, 0.1) is 17.8 Å². The fraction of sp³-hybridized carbons (Fsp3) is 0.462. The minimum Gasteiger partial charge on any atom is -0.507 e. The summed E-state index contributed by atoms with van der Waals surface area (Å²) in [4.78, 5) is 14.0. The molecule has 1 amide bonds. The van der Waals surface area contributed by atoms with Gasteiger partial charge in [-0.05, 0) is 32.0 Å². The normalized spacial score (nSPS) is 24.1. The first-order valence-electron chi connectivity index (χ1n) is 5.90. The van der Waals surface area contributed by atoms with E-state index in [-0.39, 0.29) is 29.4 Å². The molecule has 1 aliphatic rings. The Morgan fingerprint density at radius 2 is 2.00 bits per heavy atom. The largest absolute Gasteiger partial charge is 0.507 e. The number of halogens is 1. The molecule has 1 aromatic carbocycles. The number of benzene rings is 1. The van der Waals surface area contributed by atoms with Crippen LogP contribution in [0.15, 0.2) is 18.2 Å². The van der Waals surface area contributed by atoms with E-state index in [0.717, 1.165) is 0 Å². The van der Waals surface area contributed by atoms with Crippen molar-refractivity contribution in [1.82, 2.24) is 4.90 Å². The molecule has 0 bridgehead atoms. The Morgan fingerprint density at radius 1 is 1.39 bits per heavy atom. The molecule has 2 unspecified atom stereocenters. The molecule has 1 saturated heterocycles. The summed E-state index contributed by atoms with van der Waals surface area (Å²) < 4.78 is 5.57. The second-order valence-corrected chi connectivity index (χ2v) is 5.07. The molecule has 1 heterocycles. The predicted octanol–water partition coefficient (Wildman–Crippen LogP) is 2.29. The highest BCUT2D eigenvalue weighted by atomic mass is 35.5. The van der Waals surface area contributed by atoms with Gasteiger partial charge in [-0.25, -0.2) is 0 Å². The van der Waals surface area contributed by atoms with Crippen LogP contribution in [0.2, 0.25) is 5.02 Å². The van der Waals surface area contributed by atoms with E-state index in [0.29, 0.717) is 18.1 Å². The lowest BCUT2D eigenvalue weighted by molar-refractivity contribution is -0.0586. The van der Waals surface area contributed by atoms with Crippen molar-refractivity contribution in [2.75, 3.05) is 13.1 Å². The Labute approximate surface area is 111 Å². The summed E-state index contributed by atoms with van der Waals surface area (Å²) in [7, 11) is 0. The topological polar surface area (TPSA) is 49.8 Å². The average molecular weight is 270 g/mol. The van der Waals surface area contributed by atoms with E-state index >= 15 is 0 Å². The minimum absolute atomic E-state index is 0.00661. The number of amides is 1. The van der Waals surface area contributed by atoms with Crippen LogP contribution in [0.25, 0.3) is 0 Å². The highest BCUT2D eigenvalue weighted by molar-refractivity contribution is 6.30. The van der Waals surface area contributed by atoms with Crippen LogP contribution < -0.4 is 0 Å². The number of carbonyl (C=O) groups excluding carboxylic acids is 1. The monoisotopic (exact) mass is 269 g/mol. The molecule has 1 N–H and O–H groups in total. The lowest BCUT2D eigenvalue weighted by Crippen LogP contribution is -2.48. The number of nitrogens with zero attached hydrogens (tertiary/aromatic N) is 1. The van der Waals surface area contributed by atoms with Crippen LogP contribution in [0.5, 0.6) is 5.75 Å². The van der Waals surface area contributed by atoms with E-state index in [1.54, 1.807) is 17.0 Å². The van der Waals surface area contributed by atoms with Gasteiger partial charge in [0.1, 0.15) is 5.75 Å². The quantitative estimate of drug-likeness (QED) is 0.851. The van der Waals surface area contributed by atoms with E-state index in [9.17, 15) is 9.90 Å². The third kappa shape index (κ3) is 2.76. The minimum atomic E-state index is -0.189. The smallest absolute Gasteiger partial charge is 0.257 e. The number of hydrogen-bond donors (Lipinski definition) is 1. The number of hydrogen-bond acceptors (Lipinski definition) is 3. The first kappa shape index (κ1) is 13.2. The summed E-state index contributed by atoms with van der Waals surface area (Å²) in [6, 6.07) is 4.52. The van der Waals surface area contributed by atoms with E-state index in [1.165, 1.54) is 6.07 Å². The van der Waals surface area contributed by atoms with Crippen LogP contribution in [-0.2, 0) is 4.74 Å². The first-order chi connectivity index (χ1) is 8.47. The van der Waals surface area contributed by atoms with Gasteiger partial charge in [-0.1, -0.05) is 11.6 Å². The molecule has 5 heteroatoms. The Balaban J connectivity index is 2.20. The molecule has 2 atom stereocenters. The fourth-order valence-corrected chi connectivity index (χ4v) is 2.37. The van der Waals surface area contributed by atoms with Crippen molar-refractivity contribution in [1.29, 1.82) is 0 Å². The predicted molar refractivity (Wildman–Crippen MR) is 69.0 cm³/mol. The maximum Gasteiger partial charge on any atom is 0.257 e. The highest BCUT2D eigenvalue weighted by Crippen LogP contribution is 2.24. The molecule has 1 fully saturated rings. The van der Waals surface area contributed by atoms with Gasteiger partial charge in [0.15, 0.2) is 0 Å². The highest BCUT2D eigenvalue weighted by Gasteiger charge is 2.27. The summed E-state index contributed by atoms with van der Waals surface area (Å²) in [5.74, 6) is -0.273. The van der Waals surface area contributed by atoms with Crippen LogP contribution in [0.4, 0.5) is 0 Å². The third-order valence-corrected chi connectivity index (χ3v) is 3.13. The molecule has 18 heavy (non-hydrogen) atoms. The molecule has 1 aliphatic heterocycles. The Bertz CT molecular complexity index is 454. The number of ether oxygens (including phenoxy) is 1. The maximum absolute atomic E-state index is 12.3. The second kappa shape index (κ2) is 5.16. The number of aromatic hydroxyl groups is 1. The van der Waals surface area contributed by atoms with Gasteiger partial charge in [-0.2, -0.15) is 0 Å². The molecular weight excluding hydrogens is 254 g/mol. The van der Waals surface area contributed by atoms with Gasteiger partial charge in [-0.15, -0.1) is 0 Å². The van der Waals surface area contributed by atoms with Crippen LogP contribution in [0.1, 0.15) is 24.2 Å². The van der Waals surface area contributed by atoms with Gasteiger partial charge >= 0.3 is 0 Å². The number of morpholine rings is 1. The lowest BCUT2D eigenvalue weighted by atomic mass is 10.1. The summed E-state index contributed by atoms with van der Waals surface area (Å²) >= 11 is 5.75. The van der Waals surface area contributed by atoms with E-state index < -0.39 is 0 Å². The number of phenols is 1. The van der Waals surface area contributed by atoms with Crippen molar-refractivity contribution in [3.8, 4) is 5.75 Å². The van der Waals surface area contributed by atoms with E-state index in [4.69, 9.17) is 16.3 Å². The van der Waals surface area contributed by atoms with Crippen molar-refractivity contribution in [2.24, 2.45) is 0 Å². The Kier molecular flexibility index (Phi) is 3.78. The SMILES string of the molecule is CC1CN(C(=O)c2ccc(Cl)cc2O)CC(C)O1. The van der Waals surface area contributed by atoms with Crippen molar-refractivity contribution in [2.45, 2.75) is 26.1 Å². The number of phenolic OH excluding ortho intramolecular Hbond substituents is 1. The summed E-state index contributed by atoms with van der Waals surface area (Å²) in [5.41, 5.74) is 0.278. The molecular formula is C13H16ClNO3.